The molecule has 0 aromatic heterocycles. The standard InChI is InChI=1S/C18H20O2/c1-2-3-4-9-14(15-10-5-7-12-17(15)19)16-11-6-8-13-18(16)20/h5-13,19-20H,2-4H2,1H3. The van der Waals surface area contributed by atoms with Crippen molar-refractivity contribution in [1.29, 1.82) is 0 Å². The van der Waals surface area contributed by atoms with E-state index in [1.165, 1.54) is 0 Å². The molecule has 2 rings (SSSR count). The van der Waals surface area contributed by atoms with Gasteiger partial charge in [0.05, 0.1) is 0 Å². The van der Waals surface area contributed by atoms with Gasteiger partial charge < -0.3 is 10.2 Å². The van der Waals surface area contributed by atoms with E-state index >= 15 is 0 Å². The third kappa shape index (κ3) is 3.21. The normalized spacial score (nSPS) is 10.2. The molecular formula is C18H20O2. The molecule has 2 nitrogen and oxygen atoms in total. The Bertz CT molecular complexity index is 552. The largest absolute Gasteiger partial charge is 0.507 e. The summed E-state index contributed by atoms with van der Waals surface area (Å²) in [4.78, 5) is 0. The van der Waals surface area contributed by atoms with Gasteiger partial charge in [-0.3, -0.25) is 0 Å². The monoisotopic (exact) mass is 268 g/mol. The molecular weight excluding hydrogens is 248 g/mol. The SMILES string of the molecule is CCCCC=C(c1ccccc1O)c1ccccc1O. The molecule has 0 aliphatic carbocycles. The molecule has 0 saturated carbocycles. The quantitative estimate of drug-likeness (QED) is 0.770. The smallest absolute Gasteiger partial charge is 0.123 e. The maximum absolute atomic E-state index is 10.1. The molecule has 0 spiro atoms. The van der Waals surface area contributed by atoms with Gasteiger partial charge in [-0.05, 0) is 24.1 Å². The minimum absolute atomic E-state index is 0.235. The lowest BCUT2D eigenvalue weighted by atomic mass is 9.95. The number of benzene rings is 2. The van der Waals surface area contributed by atoms with E-state index in [1.54, 1.807) is 24.3 Å². The Morgan fingerprint density at radius 3 is 1.85 bits per heavy atom. The maximum Gasteiger partial charge on any atom is 0.123 e. The molecule has 2 aromatic carbocycles. The van der Waals surface area contributed by atoms with Crippen LogP contribution in [-0.4, -0.2) is 10.2 Å². The molecule has 104 valence electrons. The summed E-state index contributed by atoms with van der Waals surface area (Å²) in [5.41, 5.74) is 2.39. The summed E-state index contributed by atoms with van der Waals surface area (Å²) in [6, 6.07) is 14.5. The second kappa shape index (κ2) is 6.80. The molecule has 0 heterocycles. The zero-order chi connectivity index (χ0) is 14.4. The van der Waals surface area contributed by atoms with Crippen LogP contribution in [-0.2, 0) is 0 Å². The highest BCUT2D eigenvalue weighted by atomic mass is 16.3. The van der Waals surface area contributed by atoms with Crippen molar-refractivity contribution in [2.45, 2.75) is 26.2 Å². The molecule has 0 radical (unpaired) electrons. The highest BCUT2D eigenvalue weighted by Gasteiger charge is 2.12. The zero-order valence-corrected chi connectivity index (χ0v) is 11.7. The Morgan fingerprint density at radius 2 is 1.40 bits per heavy atom. The summed E-state index contributed by atoms with van der Waals surface area (Å²) >= 11 is 0. The van der Waals surface area contributed by atoms with Crippen molar-refractivity contribution in [1.82, 2.24) is 0 Å². The minimum Gasteiger partial charge on any atom is -0.507 e. The van der Waals surface area contributed by atoms with Crippen LogP contribution in [0.3, 0.4) is 0 Å². The number of aromatic hydroxyl groups is 2. The molecule has 20 heavy (non-hydrogen) atoms. The highest BCUT2D eigenvalue weighted by Crippen LogP contribution is 2.34. The van der Waals surface area contributed by atoms with Crippen molar-refractivity contribution in [3.63, 3.8) is 0 Å². The average Bonchev–Trinajstić information content (AvgIpc) is 2.46. The summed E-state index contributed by atoms with van der Waals surface area (Å²) in [6.07, 6.45) is 5.22. The van der Waals surface area contributed by atoms with Crippen molar-refractivity contribution < 1.29 is 10.2 Å². The lowest BCUT2D eigenvalue weighted by Crippen LogP contribution is -1.90. The third-order valence-electron chi connectivity index (χ3n) is 3.29. The van der Waals surface area contributed by atoms with E-state index in [2.05, 4.69) is 13.0 Å². The summed E-state index contributed by atoms with van der Waals surface area (Å²) in [7, 11) is 0. The van der Waals surface area contributed by atoms with Crippen molar-refractivity contribution >= 4 is 5.57 Å². The summed E-state index contributed by atoms with van der Waals surface area (Å²) < 4.78 is 0. The molecule has 0 fully saturated rings. The summed E-state index contributed by atoms with van der Waals surface area (Å²) in [5, 5.41) is 20.1. The van der Waals surface area contributed by atoms with Crippen LogP contribution in [0.25, 0.3) is 5.57 Å². The van der Waals surface area contributed by atoms with Gasteiger partial charge in [-0.2, -0.15) is 0 Å². The molecule has 2 heteroatoms. The van der Waals surface area contributed by atoms with E-state index in [9.17, 15) is 10.2 Å². The predicted octanol–water partition coefficient (Wildman–Crippen LogP) is 4.72. The molecule has 0 bridgehead atoms. The zero-order valence-electron chi connectivity index (χ0n) is 11.7. The average molecular weight is 268 g/mol. The van der Waals surface area contributed by atoms with E-state index < -0.39 is 0 Å². The minimum atomic E-state index is 0.235. The molecule has 2 aromatic rings. The first-order valence-electron chi connectivity index (χ1n) is 7.01. The van der Waals surface area contributed by atoms with Gasteiger partial charge >= 0.3 is 0 Å². The number of rotatable bonds is 5. The first kappa shape index (κ1) is 14.2. The Kier molecular flexibility index (Phi) is 4.83. The molecule has 0 unspecified atom stereocenters. The lowest BCUT2D eigenvalue weighted by Gasteiger charge is -2.12. The fourth-order valence-corrected chi connectivity index (χ4v) is 2.22. The second-order valence-electron chi connectivity index (χ2n) is 4.79. The van der Waals surface area contributed by atoms with Crippen LogP contribution in [0.15, 0.2) is 54.6 Å². The number of para-hydroxylation sites is 2. The van der Waals surface area contributed by atoms with Crippen LogP contribution in [0.4, 0.5) is 0 Å². The number of unbranched alkanes of at least 4 members (excludes halogenated alkanes) is 2. The van der Waals surface area contributed by atoms with Gasteiger partial charge in [0.15, 0.2) is 0 Å². The van der Waals surface area contributed by atoms with Crippen molar-refractivity contribution in [2.75, 3.05) is 0 Å². The Balaban J connectivity index is 2.49. The van der Waals surface area contributed by atoms with Crippen LogP contribution < -0.4 is 0 Å². The van der Waals surface area contributed by atoms with Gasteiger partial charge in [-0.25, -0.2) is 0 Å². The van der Waals surface area contributed by atoms with Crippen LogP contribution in [0.5, 0.6) is 11.5 Å². The highest BCUT2D eigenvalue weighted by molar-refractivity contribution is 5.85. The Labute approximate surface area is 120 Å². The van der Waals surface area contributed by atoms with Crippen LogP contribution in [0, 0.1) is 0 Å². The number of phenols is 2. The molecule has 0 amide bonds. The van der Waals surface area contributed by atoms with Gasteiger partial charge in [0, 0.05) is 11.1 Å². The molecule has 2 N–H and O–H groups in total. The van der Waals surface area contributed by atoms with Gasteiger partial charge in [0.1, 0.15) is 11.5 Å². The fraction of sp³-hybridized carbons (Fsp3) is 0.222. The van der Waals surface area contributed by atoms with E-state index in [4.69, 9.17) is 0 Å². The number of hydrogen-bond donors (Lipinski definition) is 2. The van der Waals surface area contributed by atoms with Crippen molar-refractivity contribution in [2.24, 2.45) is 0 Å². The van der Waals surface area contributed by atoms with Gasteiger partial charge in [0.2, 0.25) is 0 Å². The molecule has 0 saturated heterocycles. The number of phenolic OH excluding ortho intramolecular Hbond substituents is 2. The summed E-state index contributed by atoms with van der Waals surface area (Å²) in [5.74, 6) is 0.469. The van der Waals surface area contributed by atoms with Crippen LogP contribution in [0.2, 0.25) is 0 Å². The predicted molar refractivity (Wildman–Crippen MR) is 82.8 cm³/mol. The lowest BCUT2D eigenvalue weighted by molar-refractivity contribution is 0.471. The Morgan fingerprint density at radius 1 is 0.900 bits per heavy atom. The molecule has 0 aliphatic rings. The van der Waals surface area contributed by atoms with Crippen molar-refractivity contribution in [3.8, 4) is 11.5 Å². The van der Waals surface area contributed by atoms with Crippen molar-refractivity contribution in [3.05, 3.63) is 65.7 Å². The van der Waals surface area contributed by atoms with E-state index in [0.29, 0.717) is 0 Å². The first-order valence-corrected chi connectivity index (χ1v) is 7.01. The summed E-state index contributed by atoms with van der Waals surface area (Å²) in [6.45, 7) is 2.15. The van der Waals surface area contributed by atoms with Gasteiger partial charge in [-0.1, -0.05) is 62.2 Å². The third-order valence-corrected chi connectivity index (χ3v) is 3.29. The van der Waals surface area contributed by atoms with Gasteiger partial charge in [-0.15, -0.1) is 0 Å². The van der Waals surface area contributed by atoms with E-state index in [-0.39, 0.29) is 11.5 Å². The molecule has 0 atom stereocenters. The fourth-order valence-electron chi connectivity index (χ4n) is 2.22. The van der Waals surface area contributed by atoms with Crippen LogP contribution >= 0.6 is 0 Å². The molecule has 0 aliphatic heterocycles. The Hall–Kier alpha value is -2.22. The number of hydrogen-bond acceptors (Lipinski definition) is 2. The van der Waals surface area contributed by atoms with E-state index in [0.717, 1.165) is 36.0 Å². The first-order chi connectivity index (χ1) is 9.74. The van der Waals surface area contributed by atoms with Crippen LogP contribution in [0.1, 0.15) is 37.3 Å². The number of allylic oxidation sites excluding steroid dienone is 1. The second-order valence-corrected chi connectivity index (χ2v) is 4.79. The topological polar surface area (TPSA) is 40.5 Å². The maximum atomic E-state index is 10.1. The van der Waals surface area contributed by atoms with E-state index in [1.807, 2.05) is 24.3 Å². The van der Waals surface area contributed by atoms with Gasteiger partial charge in [0.25, 0.3) is 0 Å².